The first-order valence-electron chi connectivity index (χ1n) is 6.80. The van der Waals surface area contributed by atoms with Crippen LogP contribution < -0.4 is 4.74 Å². The molecule has 0 aliphatic carbocycles. The lowest BCUT2D eigenvalue weighted by atomic mass is 10.2. The number of pyridine rings is 1. The first-order chi connectivity index (χ1) is 11.8. The number of halogens is 3. The molecule has 0 aliphatic rings. The van der Waals surface area contributed by atoms with E-state index in [0.29, 0.717) is 5.52 Å². The van der Waals surface area contributed by atoms with E-state index in [2.05, 4.69) is 24.9 Å². The second-order valence-corrected chi connectivity index (χ2v) is 4.82. The normalized spacial score (nSPS) is 12.0. The zero-order valence-corrected chi connectivity index (χ0v) is 12.3. The number of benzene rings is 1. The van der Waals surface area contributed by atoms with Crippen LogP contribution in [0.5, 0.6) is 11.6 Å². The summed E-state index contributed by atoms with van der Waals surface area (Å²) in [5, 5.41) is 17.1. The van der Waals surface area contributed by atoms with Crippen molar-refractivity contribution >= 4 is 22.5 Å². The zero-order chi connectivity index (χ0) is 18.0. The second kappa shape index (κ2) is 6.23. The molecule has 1 aromatic carbocycles. The molecule has 128 valence electrons. The van der Waals surface area contributed by atoms with Gasteiger partial charge in [0, 0.05) is 23.3 Å². The van der Waals surface area contributed by atoms with Crippen LogP contribution in [0.3, 0.4) is 0 Å². The van der Waals surface area contributed by atoms with E-state index in [1.54, 1.807) is 0 Å². The molecule has 3 aromatic rings. The van der Waals surface area contributed by atoms with Crippen molar-refractivity contribution in [3.8, 4) is 11.6 Å². The van der Waals surface area contributed by atoms with Crippen LogP contribution in [0.2, 0.25) is 0 Å². The number of carbonyl (C=O) groups is 1. The summed E-state index contributed by atoms with van der Waals surface area (Å²) in [7, 11) is 0. The summed E-state index contributed by atoms with van der Waals surface area (Å²) in [4.78, 5) is 18.2. The Balaban J connectivity index is 1.95. The Morgan fingerprint density at radius 2 is 1.92 bits per heavy atom. The van der Waals surface area contributed by atoms with E-state index in [9.17, 15) is 23.1 Å². The molecule has 0 spiro atoms. The van der Waals surface area contributed by atoms with Crippen molar-refractivity contribution in [2.24, 2.45) is 10.2 Å². The molecular weight excluding hydrogens is 341 g/mol. The van der Waals surface area contributed by atoms with Crippen LogP contribution in [0.1, 0.15) is 10.4 Å². The average Bonchev–Trinajstić information content (AvgIpc) is 2.87. The number of nitrogens with one attached hydrogen (secondary N) is 1. The lowest BCUT2D eigenvalue weighted by Gasteiger charge is -2.08. The number of alkyl halides is 3. The Labute approximate surface area is 137 Å². The minimum absolute atomic E-state index is 0.116. The van der Waals surface area contributed by atoms with Gasteiger partial charge in [0.1, 0.15) is 5.75 Å². The van der Waals surface area contributed by atoms with Crippen molar-refractivity contribution in [3.05, 3.63) is 48.3 Å². The molecule has 0 atom stereocenters. The van der Waals surface area contributed by atoms with Crippen molar-refractivity contribution in [3.63, 3.8) is 0 Å². The van der Waals surface area contributed by atoms with Crippen molar-refractivity contribution < 1.29 is 27.8 Å². The molecule has 0 bridgehead atoms. The van der Waals surface area contributed by atoms with Gasteiger partial charge in [-0.1, -0.05) is 0 Å². The summed E-state index contributed by atoms with van der Waals surface area (Å²) in [6.07, 6.45) is -2.07. The van der Waals surface area contributed by atoms with E-state index in [-0.39, 0.29) is 16.6 Å². The maximum Gasteiger partial charge on any atom is 0.573 e. The number of nitrogens with zero attached hydrogens (tertiary/aromatic N) is 3. The fraction of sp³-hybridized carbons (Fsp3) is 0.0667. The number of H-pyrrole nitrogens is 1. The maximum atomic E-state index is 12.3. The quantitative estimate of drug-likeness (QED) is 0.695. The summed E-state index contributed by atoms with van der Waals surface area (Å²) < 4.78 is 40.8. The molecule has 0 fully saturated rings. The third-order valence-corrected chi connectivity index (χ3v) is 3.13. The monoisotopic (exact) mass is 350 g/mol. The van der Waals surface area contributed by atoms with E-state index in [1.807, 2.05) is 0 Å². The van der Waals surface area contributed by atoms with E-state index < -0.39 is 23.9 Å². The van der Waals surface area contributed by atoms with Crippen molar-refractivity contribution in [2.45, 2.75) is 6.36 Å². The van der Waals surface area contributed by atoms with E-state index in [4.69, 9.17) is 0 Å². The van der Waals surface area contributed by atoms with Gasteiger partial charge in [0.15, 0.2) is 5.69 Å². The molecule has 0 saturated heterocycles. The summed E-state index contributed by atoms with van der Waals surface area (Å²) in [5.74, 6) is -1.62. The predicted molar refractivity (Wildman–Crippen MR) is 79.7 cm³/mol. The lowest BCUT2D eigenvalue weighted by molar-refractivity contribution is -0.274. The summed E-state index contributed by atoms with van der Waals surface area (Å²) >= 11 is 0. The average molecular weight is 350 g/mol. The minimum atomic E-state index is -4.86. The third kappa shape index (κ3) is 3.74. The van der Waals surface area contributed by atoms with Crippen LogP contribution >= 0.6 is 0 Å². The first-order valence-corrected chi connectivity index (χ1v) is 6.80. The number of rotatable bonds is 3. The standard InChI is InChI=1S/C15H9F3N4O3/c16-15(17,18)25-9-1-2-11-10(7-9)12(14(24)20-11)21-22-13(23)8-3-5-19-6-4-8/h1-7,20,24H. The van der Waals surface area contributed by atoms with Gasteiger partial charge in [-0.05, 0) is 30.3 Å². The Hall–Kier alpha value is -3.43. The first kappa shape index (κ1) is 16.4. The minimum Gasteiger partial charge on any atom is -0.493 e. The highest BCUT2D eigenvalue weighted by atomic mass is 19.4. The molecule has 1 amide bonds. The van der Waals surface area contributed by atoms with Crippen LogP contribution in [0.4, 0.5) is 18.9 Å². The van der Waals surface area contributed by atoms with Gasteiger partial charge in [0.05, 0.1) is 5.52 Å². The molecule has 2 aromatic heterocycles. The summed E-state index contributed by atoms with van der Waals surface area (Å²) in [6, 6.07) is 6.23. The molecular formula is C15H9F3N4O3. The fourth-order valence-corrected chi connectivity index (χ4v) is 2.09. The molecule has 7 nitrogen and oxygen atoms in total. The van der Waals surface area contributed by atoms with Gasteiger partial charge in [-0.15, -0.1) is 23.4 Å². The van der Waals surface area contributed by atoms with Gasteiger partial charge in [-0.25, -0.2) is 0 Å². The van der Waals surface area contributed by atoms with Gasteiger partial charge in [-0.2, -0.15) is 0 Å². The number of aromatic nitrogens is 2. The van der Waals surface area contributed by atoms with Gasteiger partial charge >= 0.3 is 6.36 Å². The number of aromatic hydroxyl groups is 1. The van der Waals surface area contributed by atoms with Gasteiger partial charge in [0.25, 0.3) is 5.91 Å². The molecule has 2 heterocycles. The van der Waals surface area contributed by atoms with E-state index >= 15 is 0 Å². The lowest BCUT2D eigenvalue weighted by Crippen LogP contribution is -2.16. The Kier molecular flexibility index (Phi) is 4.09. The van der Waals surface area contributed by atoms with Crippen molar-refractivity contribution in [2.75, 3.05) is 0 Å². The van der Waals surface area contributed by atoms with Gasteiger partial charge < -0.3 is 14.8 Å². The van der Waals surface area contributed by atoms with Crippen LogP contribution in [-0.2, 0) is 0 Å². The van der Waals surface area contributed by atoms with Crippen LogP contribution in [-0.4, -0.2) is 27.3 Å². The number of aromatic amines is 1. The highest BCUT2D eigenvalue weighted by molar-refractivity contribution is 5.97. The molecule has 25 heavy (non-hydrogen) atoms. The van der Waals surface area contributed by atoms with Crippen LogP contribution in [0, 0.1) is 0 Å². The zero-order valence-electron chi connectivity index (χ0n) is 12.3. The topological polar surface area (TPSA) is 99.9 Å². The molecule has 3 rings (SSSR count). The molecule has 0 aliphatic heterocycles. The number of amides is 1. The maximum absolute atomic E-state index is 12.3. The molecule has 2 N–H and O–H groups in total. The number of hydrogen-bond acceptors (Lipinski definition) is 5. The predicted octanol–water partition coefficient (Wildman–Crippen LogP) is 4.09. The van der Waals surface area contributed by atoms with Crippen molar-refractivity contribution in [1.82, 2.24) is 9.97 Å². The van der Waals surface area contributed by atoms with Crippen molar-refractivity contribution in [1.29, 1.82) is 0 Å². The van der Waals surface area contributed by atoms with Gasteiger partial charge in [-0.3, -0.25) is 9.78 Å². The SMILES string of the molecule is O=C(N=Nc1c(O)[nH]c2ccc(OC(F)(F)F)cc12)c1ccncc1. The summed E-state index contributed by atoms with van der Waals surface area (Å²) in [5.41, 5.74) is 0.349. The number of fused-ring (bicyclic) bond motifs is 1. The largest absolute Gasteiger partial charge is 0.573 e. The number of hydrogen-bond donors (Lipinski definition) is 2. The highest BCUT2D eigenvalue weighted by Gasteiger charge is 2.31. The Morgan fingerprint density at radius 3 is 2.60 bits per heavy atom. The molecule has 0 radical (unpaired) electrons. The van der Waals surface area contributed by atoms with Crippen LogP contribution in [0.25, 0.3) is 10.9 Å². The third-order valence-electron chi connectivity index (χ3n) is 3.13. The van der Waals surface area contributed by atoms with Gasteiger partial charge in [0.2, 0.25) is 5.88 Å². The Bertz CT molecular complexity index is 952. The number of azo groups is 1. The highest BCUT2D eigenvalue weighted by Crippen LogP contribution is 2.38. The van der Waals surface area contributed by atoms with E-state index in [1.165, 1.54) is 30.6 Å². The molecule has 0 saturated carbocycles. The smallest absolute Gasteiger partial charge is 0.493 e. The summed E-state index contributed by atoms with van der Waals surface area (Å²) in [6.45, 7) is 0. The Morgan fingerprint density at radius 1 is 1.20 bits per heavy atom. The van der Waals surface area contributed by atoms with Crippen LogP contribution in [0.15, 0.2) is 53.0 Å². The second-order valence-electron chi connectivity index (χ2n) is 4.82. The molecule has 10 heteroatoms. The number of ether oxygens (including phenoxy) is 1. The fourth-order valence-electron chi connectivity index (χ4n) is 2.09. The molecule has 0 unspecified atom stereocenters. The number of carbonyl (C=O) groups excluding carboxylic acids is 1. The van der Waals surface area contributed by atoms with E-state index in [0.717, 1.165) is 12.1 Å².